The van der Waals surface area contributed by atoms with Crippen molar-refractivity contribution in [1.29, 1.82) is 0 Å². The molecule has 0 amide bonds. The molecule has 0 spiro atoms. The second kappa shape index (κ2) is 27.4. The molecule has 17 heteroatoms. The van der Waals surface area contributed by atoms with Crippen LogP contribution in [0.15, 0.2) is 230 Å². The molecule has 0 fully saturated rings. The monoisotopic (exact) mass is 1080 g/mol. The Labute approximate surface area is 449 Å². The van der Waals surface area contributed by atoms with Crippen LogP contribution in [0.25, 0.3) is 0 Å². The number of ether oxygens (including phenoxy) is 1. The van der Waals surface area contributed by atoms with E-state index < -0.39 is 28.1 Å². The van der Waals surface area contributed by atoms with Crippen LogP contribution >= 0.6 is 46.9 Å². The molecule has 0 radical (unpaired) electrons. The minimum Gasteiger partial charge on any atom is -0.503 e. The Bertz CT molecular complexity index is 3330. The summed E-state index contributed by atoms with van der Waals surface area (Å²) in [6.45, 7) is 1.36. The van der Waals surface area contributed by atoms with E-state index >= 15 is 0 Å². The molecule has 6 N–H and O–H groups in total. The Morgan fingerprint density at radius 2 is 0.787 bits per heavy atom. The standard InChI is InChI=1S/C20H18FNO2S.C19H15ClFNOS.C19H15FN2O3S/c1-24-15-9-11-16(12-10-15)25-19-8-3-2-5-14(19)13-22-18-7-4-6-17(21)20(18)23;20-14-8-10-15(11-9-14)24-18-7-2-1-4-13(18)12-22-17-6-3-5-16(21)19(17)23;20-16-5-3-6-17(19(16)23)21-12-13-4-1-2-7-18(13)26-15-10-8-14(9-11-15)22(24)25/h2-12,22-23H,13H2,1H3;1-11,22-23H,12H2;1-11,21,23H,12H2. The Hall–Kier alpha value is -7.89. The van der Waals surface area contributed by atoms with E-state index in [9.17, 15) is 38.6 Å². The molecule has 9 rings (SSSR count). The van der Waals surface area contributed by atoms with Gasteiger partial charge in [0.2, 0.25) is 0 Å². The lowest BCUT2D eigenvalue weighted by Crippen LogP contribution is -2.01. The number of para-hydroxylation sites is 3. The number of methoxy groups -OCH3 is 1. The fourth-order valence-electron chi connectivity index (χ4n) is 6.96. The van der Waals surface area contributed by atoms with E-state index in [-0.39, 0.29) is 17.2 Å². The summed E-state index contributed by atoms with van der Waals surface area (Å²) in [5.74, 6) is -2.25. The summed E-state index contributed by atoms with van der Waals surface area (Å²) >= 11 is 10.7. The van der Waals surface area contributed by atoms with Gasteiger partial charge in [-0.15, -0.1) is 0 Å². The fourth-order valence-corrected chi connectivity index (χ4v) is 9.91. The molecule has 9 aromatic carbocycles. The van der Waals surface area contributed by atoms with Gasteiger partial charge in [-0.25, -0.2) is 13.2 Å². The van der Waals surface area contributed by atoms with Crippen LogP contribution in [0.1, 0.15) is 16.7 Å². The first-order chi connectivity index (χ1) is 36.3. The van der Waals surface area contributed by atoms with E-state index in [4.69, 9.17) is 16.3 Å². The van der Waals surface area contributed by atoms with E-state index in [1.54, 1.807) is 73.1 Å². The van der Waals surface area contributed by atoms with E-state index in [1.807, 2.05) is 121 Å². The van der Waals surface area contributed by atoms with Gasteiger partial charge in [-0.2, -0.15) is 0 Å². The summed E-state index contributed by atoms with van der Waals surface area (Å²) in [5.41, 5.74) is 4.20. The van der Waals surface area contributed by atoms with Crippen LogP contribution < -0.4 is 20.7 Å². The summed E-state index contributed by atoms with van der Waals surface area (Å²) in [6.07, 6.45) is 0. The zero-order valence-electron chi connectivity index (χ0n) is 39.9. The molecular weight excluding hydrogens is 1040 g/mol. The van der Waals surface area contributed by atoms with Gasteiger partial charge in [-0.3, -0.25) is 10.1 Å². The van der Waals surface area contributed by atoms with Gasteiger partial charge in [0.1, 0.15) is 5.75 Å². The minimum atomic E-state index is -0.677. The highest BCUT2D eigenvalue weighted by atomic mass is 35.5. The van der Waals surface area contributed by atoms with Crippen molar-refractivity contribution >= 4 is 69.6 Å². The number of nitro groups is 1. The number of benzene rings is 9. The third-order valence-corrected chi connectivity index (χ3v) is 14.5. The molecule has 0 atom stereocenters. The summed E-state index contributed by atoms with van der Waals surface area (Å²) in [7, 11) is 1.64. The largest absolute Gasteiger partial charge is 0.503 e. The number of halogens is 4. The van der Waals surface area contributed by atoms with Gasteiger partial charge >= 0.3 is 0 Å². The van der Waals surface area contributed by atoms with Gasteiger partial charge in [0, 0.05) is 66.2 Å². The van der Waals surface area contributed by atoms with Crippen molar-refractivity contribution < 1.29 is 38.2 Å². The normalized spacial score (nSPS) is 10.5. The van der Waals surface area contributed by atoms with Crippen molar-refractivity contribution in [1.82, 2.24) is 0 Å². The van der Waals surface area contributed by atoms with Gasteiger partial charge in [-0.1, -0.05) is 120 Å². The molecule has 0 aliphatic carbocycles. The predicted octanol–water partition coefficient (Wildman–Crippen LogP) is 16.5. The molecule has 0 saturated heterocycles. The first kappa shape index (κ1) is 54.9. The summed E-state index contributed by atoms with van der Waals surface area (Å²) in [6, 6.07) is 58.6. The second-order valence-electron chi connectivity index (χ2n) is 16.0. The number of phenolic OH excluding ortho intramolecular Hbond substituents is 3. The highest BCUT2D eigenvalue weighted by Crippen LogP contribution is 2.36. The number of hydrogen-bond acceptors (Lipinski definition) is 12. The molecule has 0 aliphatic heterocycles. The van der Waals surface area contributed by atoms with Crippen molar-refractivity contribution in [2.75, 3.05) is 23.1 Å². The number of anilines is 3. The number of phenols is 3. The number of non-ortho nitro benzene ring substituents is 1. The maximum absolute atomic E-state index is 13.4. The molecule has 0 unspecified atom stereocenters. The molecule has 0 bridgehead atoms. The van der Waals surface area contributed by atoms with Crippen LogP contribution in [0.5, 0.6) is 23.0 Å². The first-order valence-electron chi connectivity index (χ1n) is 22.9. The van der Waals surface area contributed by atoms with Crippen molar-refractivity contribution in [3.05, 3.63) is 249 Å². The van der Waals surface area contributed by atoms with Gasteiger partial charge in [0.25, 0.3) is 5.69 Å². The fraction of sp³-hybridized carbons (Fsp3) is 0.0690. The van der Waals surface area contributed by atoms with Crippen LogP contribution in [-0.2, 0) is 19.6 Å². The number of aromatic hydroxyl groups is 3. The average molecular weight is 1090 g/mol. The Kier molecular flexibility index (Phi) is 20.1. The SMILES string of the molecule is COc1ccc(Sc2ccccc2CNc2cccc(F)c2O)cc1.O=[N+]([O-])c1ccc(Sc2ccccc2CNc2cccc(F)c2O)cc1.Oc1c(F)cccc1NCc1ccccc1Sc1ccc(Cl)cc1. The van der Waals surface area contributed by atoms with E-state index in [0.29, 0.717) is 41.7 Å². The molecule has 0 aromatic heterocycles. The number of hydrogen-bond donors (Lipinski definition) is 6. The molecule has 382 valence electrons. The lowest BCUT2D eigenvalue weighted by atomic mass is 10.2. The van der Waals surface area contributed by atoms with Crippen LogP contribution in [0.2, 0.25) is 5.02 Å². The number of rotatable bonds is 17. The lowest BCUT2D eigenvalue weighted by molar-refractivity contribution is -0.384. The van der Waals surface area contributed by atoms with E-state index in [1.165, 1.54) is 48.2 Å². The minimum absolute atomic E-state index is 0.0471. The van der Waals surface area contributed by atoms with Gasteiger partial charge < -0.3 is 36.0 Å². The summed E-state index contributed by atoms with van der Waals surface area (Å²) < 4.78 is 45.4. The maximum Gasteiger partial charge on any atom is 0.269 e. The molecule has 75 heavy (non-hydrogen) atoms. The molecule has 10 nitrogen and oxygen atoms in total. The van der Waals surface area contributed by atoms with Crippen molar-refractivity contribution in [3.8, 4) is 23.0 Å². The first-order valence-corrected chi connectivity index (χ1v) is 25.7. The quantitative estimate of drug-likeness (QED) is 0.0293. The van der Waals surface area contributed by atoms with Crippen LogP contribution in [0, 0.1) is 27.6 Å². The van der Waals surface area contributed by atoms with Crippen molar-refractivity contribution in [3.63, 3.8) is 0 Å². The maximum atomic E-state index is 13.4. The Morgan fingerprint density at radius 1 is 0.467 bits per heavy atom. The summed E-state index contributed by atoms with van der Waals surface area (Å²) in [4.78, 5) is 16.5. The van der Waals surface area contributed by atoms with E-state index in [0.717, 1.165) is 51.8 Å². The van der Waals surface area contributed by atoms with Gasteiger partial charge in [0.15, 0.2) is 34.7 Å². The lowest BCUT2D eigenvalue weighted by Gasteiger charge is -2.12. The van der Waals surface area contributed by atoms with Crippen LogP contribution in [0.4, 0.5) is 35.9 Å². The summed E-state index contributed by atoms with van der Waals surface area (Å²) in [5, 5.41) is 49.9. The van der Waals surface area contributed by atoms with E-state index in [2.05, 4.69) is 16.0 Å². The van der Waals surface area contributed by atoms with Crippen molar-refractivity contribution in [2.24, 2.45) is 0 Å². The van der Waals surface area contributed by atoms with Crippen LogP contribution in [-0.4, -0.2) is 27.4 Å². The highest BCUT2D eigenvalue weighted by Gasteiger charge is 2.13. The third kappa shape index (κ3) is 16.1. The smallest absolute Gasteiger partial charge is 0.269 e. The molecule has 9 aromatic rings. The number of nitrogens with zero attached hydrogens (tertiary/aromatic N) is 1. The molecular formula is C58H48ClF3N4O6S3. The van der Waals surface area contributed by atoms with Gasteiger partial charge in [-0.05, 0) is 132 Å². The molecule has 0 saturated carbocycles. The predicted molar refractivity (Wildman–Crippen MR) is 295 cm³/mol. The number of nitrogens with one attached hydrogen (secondary N) is 3. The Morgan fingerprint density at radius 3 is 1.12 bits per heavy atom. The zero-order chi connectivity index (χ0) is 53.1. The third-order valence-electron chi connectivity index (χ3n) is 10.9. The highest BCUT2D eigenvalue weighted by molar-refractivity contribution is 8.00. The zero-order valence-corrected chi connectivity index (χ0v) is 43.1. The Balaban J connectivity index is 0.000000164. The average Bonchev–Trinajstić information content (AvgIpc) is 3.42. The van der Waals surface area contributed by atoms with Crippen LogP contribution in [0.3, 0.4) is 0 Å². The van der Waals surface area contributed by atoms with Crippen molar-refractivity contribution in [2.45, 2.75) is 49.0 Å². The topological polar surface area (TPSA) is 149 Å². The molecule has 0 heterocycles. The molecule has 0 aliphatic rings. The number of nitro benzene ring substituents is 1. The van der Waals surface area contributed by atoms with Gasteiger partial charge in [0.05, 0.1) is 29.1 Å². The second-order valence-corrected chi connectivity index (χ2v) is 19.8.